The first-order valence-corrected chi connectivity index (χ1v) is 50.6. The first-order chi connectivity index (χ1) is 70.7. The fourth-order valence-corrected chi connectivity index (χ4v) is 27.3. The predicted octanol–water partition coefficient (Wildman–Crippen LogP) is 36.0. The van der Waals surface area contributed by atoms with Crippen LogP contribution in [0.3, 0.4) is 0 Å². The Balaban J connectivity index is 0.000000140. The number of nitrogens with zero attached hydrogens (tertiary/aromatic N) is 2. The molecule has 143 heavy (non-hydrogen) atoms. The van der Waals surface area contributed by atoms with Gasteiger partial charge in [-0.2, -0.15) is 0 Å². The van der Waals surface area contributed by atoms with Gasteiger partial charge in [-0.05, 0) is 264 Å². The zero-order chi connectivity index (χ0) is 94.7. The Kier molecular flexibility index (Phi) is 19.2. The molecular weight excluding hydrogens is 1750 g/mol. The van der Waals surface area contributed by atoms with E-state index in [9.17, 15) is 0 Å². The van der Waals surface area contributed by atoms with E-state index >= 15 is 0 Å². The molecule has 0 saturated heterocycles. The summed E-state index contributed by atoms with van der Waals surface area (Å²) >= 11 is 1.87. The summed E-state index contributed by atoms with van der Waals surface area (Å²) in [7, 11) is 0. The largest absolute Gasteiger partial charge is 0.456 e. The standard InChI is InChI=1S/C71H49NS.C68H45NO/c1-69(2)58-28-12-9-24-53(58)55-42-40-50(44-64(55)69)72(49-38-36-46(37-39-49)52-27-19-35-67-68(52)57-26-11-18-34-66(57)73-67)51-41-43-56-54-25-10-13-29-59(54)71(65(56)45-51)62-32-16-14-30-60(62)70(47-20-5-3-6-21-47,48-22-7-4-8-23-48)61-31-15-17-33-63(61)71;1-4-19-46(20-5-1)47-35-39-51(40-36-47)69(52-41-37-48(38-42-52)54-27-18-34-65-66(54)57-26-11-17-33-64(57)70-65)53-43-44-56-55-25-10-12-28-58(55)68(63(56)45-53)61-31-15-13-29-59(61)67(49-21-6-2-7-22-49,50-23-8-3-9-24-50)60-30-14-16-32-62(60)68/h3-45H,1-2H3;1-45H. The third-order valence-corrected chi connectivity index (χ3v) is 33.2. The van der Waals surface area contributed by atoms with Crippen molar-refractivity contribution in [2.45, 2.75) is 40.9 Å². The van der Waals surface area contributed by atoms with E-state index in [1.807, 2.05) is 17.4 Å². The van der Waals surface area contributed by atoms with Crippen molar-refractivity contribution in [3.05, 3.63) is 634 Å². The Labute approximate surface area is 837 Å². The lowest BCUT2D eigenvalue weighted by Gasteiger charge is -2.50. The van der Waals surface area contributed by atoms with Crippen LogP contribution in [0.25, 0.3) is 109 Å². The topological polar surface area (TPSA) is 19.6 Å². The van der Waals surface area contributed by atoms with Gasteiger partial charge in [0.1, 0.15) is 11.2 Å². The molecule has 0 amide bonds. The summed E-state index contributed by atoms with van der Waals surface area (Å²) in [6.45, 7) is 4.77. The number of hydrogen-bond acceptors (Lipinski definition) is 4. The number of benzene rings is 22. The lowest BCUT2D eigenvalue weighted by molar-refractivity contribution is 0.623. The lowest BCUT2D eigenvalue weighted by Crippen LogP contribution is -2.44. The lowest BCUT2D eigenvalue weighted by atomic mass is 9.51. The van der Waals surface area contributed by atoms with Crippen LogP contribution in [0.4, 0.5) is 34.1 Å². The molecule has 0 radical (unpaired) electrons. The Morgan fingerprint density at radius 3 is 0.895 bits per heavy atom. The first kappa shape index (κ1) is 83.6. The van der Waals surface area contributed by atoms with Gasteiger partial charge in [0.25, 0.3) is 0 Å². The van der Waals surface area contributed by atoms with Crippen molar-refractivity contribution in [3.63, 3.8) is 0 Å². The van der Waals surface area contributed by atoms with E-state index in [0.29, 0.717) is 0 Å². The van der Waals surface area contributed by atoms with Gasteiger partial charge < -0.3 is 14.2 Å². The van der Waals surface area contributed by atoms with E-state index in [1.54, 1.807) is 0 Å². The zero-order valence-electron chi connectivity index (χ0n) is 79.0. The van der Waals surface area contributed by atoms with E-state index in [1.165, 1.54) is 176 Å². The Morgan fingerprint density at radius 2 is 0.455 bits per heavy atom. The van der Waals surface area contributed by atoms with E-state index in [2.05, 4.69) is 551 Å². The average Bonchev–Trinajstić information content (AvgIpc) is 1.46. The molecule has 5 aliphatic rings. The molecule has 0 N–H and O–H groups in total. The van der Waals surface area contributed by atoms with Gasteiger partial charge in [0.2, 0.25) is 0 Å². The molecule has 24 aromatic rings. The molecule has 0 saturated carbocycles. The number of fused-ring (bicyclic) bond motifs is 27. The first-order valence-electron chi connectivity index (χ1n) is 49.8. The average molecular weight is 1840 g/mol. The highest BCUT2D eigenvalue weighted by Gasteiger charge is 2.59. The SMILES string of the molecule is CC1(C)c2ccccc2-c2ccc(N(c3ccc(-c4cccc5sc6ccccc6c45)cc3)c3ccc4c(c3)C3(c5ccccc5-4)c4ccccc4C(c4ccccc4)(c4ccccc4)c4ccccc43)cc21.c1ccc(-c2ccc(N(c3ccc(-c4cccc5oc6ccccc6c45)cc3)c3ccc4c(c3)C3(c5ccccc5-4)c4ccccc4C(c4ccccc4)(c4ccccc4)c4ccccc43)cc2)cc1. The van der Waals surface area contributed by atoms with Gasteiger partial charge in [-0.15, -0.1) is 11.3 Å². The van der Waals surface area contributed by atoms with Crippen molar-refractivity contribution >= 4 is 87.6 Å². The third-order valence-electron chi connectivity index (χ3n) is 32.1. The molecule has 2 spiro atoms. The van der Waals surface area contributed by atoms with Crippen molar-refractivity contribution in [2.24, 2.45) is 0 Å². The zero-order valence-corrected chi connectivity index (χ0v) is 79.8. The summed E-state index contributed by atoms with van der Waals surface area (Å²) in [6, 6.07) is 199. The minimum atomic E-state index is -0.624. The van der Waals surface area contributed by atoms with Gasteiger partial charge in [-0.1, -0.05) is 451 Å². The number of rotatable bonds is 13. The van der Waals surface area contributed by atoms with Crippen LogP contribution in [-0.4, -0.2) is 0 Å². The van der Waals surface area contributed by atoms with E-state index < -0.39 is 21.7 Å². The van der Waals surface area contributed by atoms with Gasteiger partial charge >= 0.3 is 0 Å². The molecule has 0 atom stereocenters. The van der Waals surface area contributed by atoms with Crippen molar-refractivity contribution in [1.29, 1.82) is 0 Å². The molecule has 4 heteroatoms. The second-order valence-corrected chi connectivity index (χ2v) is 40.4. The van der Waals surface area contributed by atoms with Crippen LogP contribution in [0.5, 0.6) is 0 Å². The molecule has 29 rings (SSSR count). The molecule has 5 aliphatic carbocycles. The molecule has 2 heterocycles. The summed E-state index contributed by atoms with van der Waals surface area (Å²) < 4.78 is 8.97. The number of furan rings is 1. The second kappa shape index (κ2) is 32.8. The van der Waals surface area contributed by atoms with Gasteiger partial charge in [0.05, 0.1) is 21.7 Å². The Hall–Kier alpha value is -17.5. The number of thiophene rings is 1. The monoisotopic (exact) mass is 1840 g/mol. The highest BCUT2D eigenvalue weighted by atomic mass is 32.1. The van der Waals surface area contributed by atoms with E-state index in [4.69, 9.17) is 4.42 Å². The van der Waals surface area contributed by atoms with Crippen LogP contribution in [0.1, 0.15) is 114 Å². The van der Waals surface area contributed by atoms with E-state index in [0.717, 1.165) is 67.2 Å². The van der Waals surface area contributed by atoms with Crippen molar-refractivity contribution in [1.82, 2.24) is 0 Å². The molecule has 0 fully saturated rings. The normalized spacial score (nSPS) is 14.2. The Bertz CT molecular complexity index is 9000. The summed E-state index contributed by atoms with van der Waals surface area (Å²) in [6.07, 6.45) is 0. The minimum absolute atomic E-state index is 0.164. The molecule has 0 unspecified atom stereocenters. The molecule has 2 aromatic heterocycles. The molecule has 0 aliphatic heterocycles. The highest BCUT2D eigenvalue weighted by Crippen LogP contribution is 2.69. The van der Waals surface area contributed by atoms with Gasteiger partial charge in [-0.25, -0.2) is 0 Å². The summed E-state index contributed by atoms with van der Waals surface area (Å²) in [4.78, 5) is 4.95. The van der Waals surface area contributed by atoms with Crippen molar-refractivity contribution in [3.8, 4) is 66.8 Å². The van der Waals surface area contributed by atoms with E-state index in [-0.39, 0.29) is 5.41 Å². The number of para-hydroxylation sites is 1. The van der Waals surface area contributed by atoms with Crippen LogP contribution in [-0.2, 0) is 27.1 Å². The van der Waals surface area contributed by atoms with Gasteiger partial charge in [-0.3, -0.25) is 0 Å². The molecular formula is C139H94N2OS. The van der Waals surface area contributed by atoms with Gasteiger partial charge in [0, 0.05) is 70.5 Å². The molecule has 22 aromatic carbocycles. The summed E-state index contributed by atoms with van der Waals surface area (Å²) in [5.74, 6) is 0. The van der Waals surface area contributed by atoms with Crippen molar-refractivity contribution < 1.29 is 4.42 Å². The summed E-state index contributed by atoms with van der Waals surface area (Å²) in [5.41, 5.74) is 44.1. The van der Waals surface area contributed by atoms with Crippen LogP contribution in [0.15, 0.2) is 538 Å². The van der Waals surface area contributed by atoms with Crippen LogP contribution in [0.2, 0.25) is 0 Å². The third kappa shape index (κ3) is 12.2. The van der Waals surface area contributed by atoms with Crippen LogP contribution < -0.4 is 9.80 Å². The summed E-state index contributed by atoms with van der Waals surface area (Å²) in [5, 5.41) is 4.91. The molecule has 0 bridgehead atoms. The smallest absolute Gasteiger partial charge is 0.136 e. The quantitative estimate of drug-likeness (QED) is 0.115. The second-order valence-electron chi connectivity index (χ2n) is 39.3. The van der Waals surface area contributed by atoms with Crippen LogP contribution in [0, 0.1) is 0 Å². The van der Waals surface area contributed by atoms with Crippen LogP contribution >= 0.6 is 11.3 Å². The fraction of sp³-hybridized carbons (Fsp3) is 0.0504. The minimum Gasteiger partial charge on any atom is -0.456 e. The maximum Gasteiger partial charge on any atom is 0.136 e. The number of hydrogen-bond donors (Lipinski definition) is 0. The molecule has 3 nitrogen and oxygen atoms in total. The fourth-order valence-electron chi connectivity index (χ4n) is 26.2. The Morgan fingerprint density at radius 1 is 0.175 bits per heavy atom. The predicted molar refractivity (Wildman–Crippen MR) is 595 cm³/mol. The van der Waals surface area contributed by atoms with Gasteiger partial charge in [0.15, 0.2) is 0 Å². The van der Waals surface area contributed by atoms with Crippen molar-refractivity contribution in [2.75, 3.05) is 9.80 Å². The highest BCUT2D eigenvalue weighted by molar-refractivity contribution is 7.26. The molecule has 672 valence electrons. The maximum atomic E-state index is 6.33. The maximum absolute atomic E-state index is 6.33. The number of anilines is 6.